The quantitative estimate of drug-likeness (QED) is 0.0523. The summed E-state index contributed by atoms with van der Waals surface area (Å²) in [6.07, 6.45) is 4.49. The van der Waals surface area contributed by atoms with E-state index in [-0.39, 0.29) is 19.6 Å². The number of carboxylic acids is 2. The van der Waals surface area contributed by atoms with Crippen LogP contribution in [0.5, 0.6) is 11.5 Å². The number of benzene rings is 3. The van der Waals surface area contributed by atoms with Crippen molar-refractivity contribution in [1.82, 2.24) is 4.98 Å². The van der Waals surface area contributed by atoms with E-state index in [9.17, 15) is 19.2 Å². The first-order chi connectivity index (χ1) is 23.7. The summed E-state index contributed by atoms with van der Waals surface area (Å²) >= 11 is 0. The highest BCUT2D eigenvalue weighted by atomic mass is 16.6. The first kappa shape index (κ1) is 36.7. The molecule has 0 amide bonds. The number of ether oxygens (including phenoxy) is 4. The van der Waals surface area contributed by atoms with E-state index >= 15 is 0 Å². The fourth-order valence-corrected chi connectivity index (χ4v) is 5.37. The number of carbonyl (C=O) groups is 4. The van der Waals surface area contributed by atoms with E-state index in [2.05, 4.69) is 4.98 Å². The number of nitrogens with zero attached hydrogens (tertiary/aromatic N) is 1. The first-order valence-corrected chi connectivity index (χ1v) is 16.7. The topological polar surface area (TPSA) is 172 Å². The number of aliphatic carboxylic acids is 2. The molecule has 0 unspecified atom stereocenters. The van der Waals surface area contributed by atoms with Gasteiger partial charge in [0.2, 0.25) is 5.89 Å². The van der Waals surface area contributed by atoms with Crippen molar-refractivity contribution >= 4 is 45.7 Å². The van der Waals surface area contributed by atoms with E-state index in [1.807, 2.05) is 54.6 Å². The van der Waals surface area contributed by atoms with Gasteiger partial charge in [-0.1, -0.05) is 37.8 Å². The smallest absolute Gasteiger partial charge is 0.320 e. The van der Waals surface area contributed by atoms with Gasteiger partial charge in [0, 0.05) is 11.6 Å². The predicted molar refractivity (Wildman–Crippen MR) is 180 cm³/mol. The van der Waals surface area contributed by atoms with Crippen LogP contribution in [0.3, 0.4) is 0 Å². The summed E-state index contributed by atoms with van der Waals surface area (Å²) in [7, 11) is 0. The van der Waals surface area contributed by atoms with Crippen LogP contribution < -0.4 is 9.47 Å². The third-order valence-electron chi connectivity index (χ3n) is 7.97. The Morgan fingerprint density at radius 2 is 1.22 bits per heavy atom. The lowest BCUT2D eigenvalue weighted by molar-refractivity contribution is -0.162. The Morgan fingerprint density at radius 1 is 0.673 bits per heavy atom. The molecule has 12 heteroatoms. The molecule has 2 N–H and O–H groups in total. The molecule has 0 atom stereocenters. The molecular formula is C37H43NO11. The Labute approximate surface area is 284 Å². The number of unbranched alkanes of at least 4 members (excludes halogenated alkanes) is 4. The zero-order chi connectivity index (χ0) is 35.2. The Morgan fingerprint density at radius 3 is 1.84 bits per heavy atom. The van der Waals surface area contributed by atoms with Crippen LogP contribution in [0.4, 0.5) is 0 Å². The second-order valence-corrected chi connectivity index (χ2v) is 11.6. The van der Waals surface area contributed by atoms with Crippen LogP contribution in [0.25, 0.3) is 33.3 Å². The molecular weight excluding hydrogens is 634 g/mol. The fraction of sp³-hybridized carbons (Fsp3) is 0.432. The number of rotatable bonds is 21. The van der Waals surface area contributed by atoms with Crippen LogP contribution in [0, 0.1) is 11.8 Å². The lowest BCUT2D eigenvalue weighted by atomic mass is 10.0. The van der Waals surface area contributed by atoms with Crippen molar-refractivity contribution in [3.63, 3.8) is 0 Å². The van der Waals surface area contributed by atoms with Crippen LogP contribution in [0.1, 0.15) is 65.2 Å². The van der Waals surface area contributed by atoms with E-state index in [0.717, 1.165) is 29.2 Å². The molecule has 0 saturated heterocycles. The standard InChI is InChI=1S/C37H43NO11/c1-3-45-36(43)30(37(44)46-4-2)12-8-6-10-20-48-28-17-18-31-32(23-28)49-33(38-31)26-14-13-25-22-27(16-15-24(25)21-26)47-19-9-5-7-11-29(34(39)40)35(41)42/h13-18,21-23,29-30H,3-12,19-20H2,1-2H3,(H,39,40)(H,41,42). The second kappa shape index (κ2) is 18.4. The Bertz CT molecular complexity index is 1700. The van der Waals surface area contributed by atoms with Gasteiger partial charge in [0.25, 0.3) is 0 Å². The van der Waals surface area contributed by atoms with Crippen molar-refractivity contribution < 1.29 is 52.8 Å². The van der Waals surface area contributed by atoms with Gasteiger partial charge in [0.1, 0.15) is 17.0 Å². The number of esters is 2. The molecule has 0 fully saturated rings. The zero-order valence-corrected chi connectivity index (χ0v) is 27.9. The van der Waals surface area contributed by atoms with Crippen LogP contribution >= 0.6 is 0 Å². The predicted octanol–water partition coefficient (Wildman–Crippen LogP) is 7.05. The van der Waals surface area contributed by atoms with Gasteiger partial charge in [-0.25, -0.2) is 4.98 Å². The van der Waals surface area contributed by atoms with Gasteiger partial charge in [-0.05, 0) is 86.7 Å². The molecule has 49 heavy (non-hydrogen) atoms. The van der Waals surface area contributed by atoms with E-state index in [4.69, 9.17) is 33.6 Å². The van der Waals surface area contributed by atoms with E-state index in [1.165, 1.54) is 0 Å². The minimum absolute atomic E-state index is 0.0993. The summed E-state index contributed by atoms with van der Waals surface area (Å²) in [5, 5.41) is 19.9. The number of hydrogen-bond donors (Lipinski definition) is 2. The van der Waals surface area contributed by atoms with Gasteiger partial charge in [-0.15, -0.1) is 0 Å². The lowest BCUT2D eigenvalue weighted by Crippen LogP contribution is -2.28. The number of fused-ring (bicyclic) bond motifs is 2. The van der Waals surface area contributed by atoms with Crippen molar-refractivity contribution in [2.24, 2.45) is 11.8 Å². The average Bonchev–Trinajstić information content (AvgIpc) is 3.50. The molecule has 3 aromatic carbocycles. The number of hydrogen-bond acceptors (Lipinski definition) is 10. The molecule has 12 nitrogen and oxygen atoms in total. The summed E-state index contributed by atoms with van der Waals surface area (Å²) in [6, 6.07) is 17.2. The van der Waals surface area contributed by atoms with Crippen molar-refractivity contribution in [2.45, 2.75) is 65.2 Å². The molecule has 1 heterocycles. The number of carbonyl (C=O) groups excluding carboxylic acids is 2. The minimum atomic E-state index is -1.37. The van der Waals surface area contributed by atoms with Crippen molar-refractivity contribution in [1.29, 1.82) is 0 Å². The fourth-order valence-electron chi connectivity index (χ4n) is 5.37. The SMILES string of the molecule is CCOC(=O)C(CCCCCOc1ccc2nc(-c3ccc4cc(OCCCCCC(C(=O)O)C(=O)O)ccc4c3)oc2c1)C(=O)OCC. The summed E-state index contributed by atoms with van der Waals surface area (Å²) < 4.78 is 27.9. The van der Waals surface area contributed by atoms with Gasteiger partial charge in [-0.3, -0.25) is 19.2 Å². The minimum Gasteiger partial charge on any atom is -0.494 e. The van der Waals surface area contributed by atoms with Gasteiger partial charge < -0.3 is 33.6 Å². The number of aromatic nitrogens is 1. The van der Waals surface area contributed by atoms with Crippen molar-refractivity contribution in [3.8, 4) is 23.0 Å². The van der Waals surface area contributed by atoms with Gasteiger partial charge >= 0.3 is 23.9 Å². The third-order valence-corrected chi connectivity index (χ3v) is 7.97. The Hall–Kier alpha value is -5.13. The molecule has 0 saturated carbocycles. The summed E-state index contributed by atoms with van der Waals surface area (Å²) in [5.74, 6) is -4.12. The van der Waals surface area contributed by atoms with E-state index in [1.54, 1.807) is 13.8 Å². The molecule has 0 aliphatic heterocycles. The van der Waals surface area contributed by atoms with Gasteiger partial charge in [-0.2, -0.15) is 0 Å². The maximum Gasteiger partial charge on any atom is 0.320 e. The molecule has 4 aromatic rings. The summed E-state index contributed by atoms with van der Waals surface area (Å²) in [6.45, 7) is 4.74. The molecule has 262 valence electrons. The normalized spacial score (nSPS) is 11.3. The molecule has 4 rings (SSSR count). The zero-order valence-electron chi connectivity index (χ0n) is 27.9. The first-order valence-electron chi connectivity index (χ1n) is 16.7. The highest BCUT2D eigenvalue weighted by Crippen LogP contribution is 2.30. The molecule has 1 aromatic heterocycles. The Kier molecular flexibility index (Phi) is 13.8. The highest BCUT2D eigenvalue weighted by molar-refractivity contribution is 5.95. The lowest BCUT2D eigenvalue weighted by Gasteiger charge is -2.14. The number of carboxylic acid groups (broad SMARTS) is 2. The Balaban J connectivity index is 1.24. The molecule has 0 bridgehead atoms. The van der Waals surface area contributed by atoms with Crippen LogP contribution in [0.2, 0.25) is 0 Å². The monoisotopic (exact) mass is 677 g/mol. The van der Waals surface area contributed by atoms with Crippen molar-refractivity contribution in [2.75, 3.05) is 26.4 Å². The van der Waals surface area contributed by atoms with Crippen molar-refractivity contribution in [3.05, 3.63) is 54.6 Å². The van der Waals surface area contributed by atoms with Gasteiger partial charge in [0.15, 0.2) is 17.4 Å². The largest absolute Gasteiger partial charge is 0.494 e. The van der Waals surface area contributed by atoms with E-state index < -0.39 is 35.7 Å². The van der Waals surface area contributed by atoms with Crippen LogP contribution in [-0.4, -0.2) is 65.5 Å². The maximum absolute atomic E-state index is 12.1. The number of oxazole rings is 1. The van der Waals surface area contributed by atoms with E-state index in [0.29, 0.717) is 73.8 Å². The molecule has 0 aliphatic rings. The summed E-state index contributed by atoms with van der Waals surface area (Å²) in [4.78, 5) is 50.9. The average molecular weight is 678 g/mol. The molecule has 0 spiro atoms. The van der Waals surface area contributed by atoms with Crippen LogP contribution in [0.15, 0.2) is 59.0 Å². The van der Waals surface area contributed by atoms with Gasteiger partial charge in [0.05, 0.1) is 26.4 Å². The van der Waals surface area contributed by atoms with Crippen LogP contribution in [-0.2, 0) is 28.7 Å². The second-order valence-electron chi connectivity index (χ2n) is 11.6. The molecule has 0 aliphatic carbocycles. The molecule has 0 radical (unpaired) electrons. The highest BCUT2D eigenvalue weighted by Gasteiger charge is 2.29. The maximum atomic E-state index is 12.1. The third kappa shape index (κ3) is 10.7. The summed E-state index contributed by atoms with van der Waals surface area (Å²) in [5.41, 5.74) is 2.13.